The first-order valence-corrected chi connectivity index (χ1v) is 10.4. The molecule has 4 rings (SSSR count). The van der Waals surface area contributed by atoms with Crippen molar-refractivity contribution in [2.75, 3.05) is 18.4 Å². The maximum atomic E-state index is 12.9. The second-order valence-corrected chi connectivity index (χ2v) is 8.12. The number of benzene rings is 1. The lowest BCUT2D eigenvalue weighted by atomic mass is 9.96. The zero-order valence-corrected chi connectivity index (χ0v) is 16.6. The Bertz CT molecular complexity index is 842. The Kier molecular flexibility index (Phi) is 5.67. The van der Waals surface area contributed by atoms with E-state index in [1.54, 1.807) is 35.4 Å². The zero-order chi connectivity index (χ0) is 19.5. The first-order valence-electron chi connectivity index (χ1n) is 10.0. The molecule has 1 aromatic heterocycles. The van der Waals surface area contributed by atoms with E-state index < -0.39 is 0 Å². The molecule has 1 saturated carbocycles. The molecule has 2 amide bonds. The molecule has 1 saturated heterocycles. The van der Waals surface area contributed by atoms with Crippen molar-refractivity contribution in [3.05, 3.63) is 47.1 Å². The molecule has 2 fully saturated rings. The normalized spacial score (nSPS) is 20.3. The summed E-state index contributed by atoms with van der Waals surface area (Å²) in [5.41, 5.74) is 0.602. The van der Waals surface area contributed by atoms with E-state index in [1.807, 2.05) is 10.7 Å². The Hall–Kier alpha value is -2.34. The van der Waals surface area contributed by atoms with Crippen LogP contribution < -0.4 is 5.32 Å². The largest absolute Gasteiger partial charge is 0.338 e. The molecule has 1 aliphatic heterocycles. The van der Waals surface area contributed by atoms with Crippen molar-refractivity contribution < 1.29 is 9.59 Å². The number of aromatic nitrogens is 2. The molecular weight excluding hydrogens is 376 g/mol. The number of rotatable bonds is 4. The van der Waals surface area contributed by atoms with Crippen LogP contribution >= 0.6 is 11.6 Å². The van der Waals surface area contributed by atoms with Gasteiger partial charge in [-0.05, 0) is 49.9 Å². The van der Waals surface area contributed by atoms with Gasteiger partial charge < -0.3 is 10.2 Å². The summed E-state index contributed by atoms with van der Waals surface area (Å²) >= 11 is 5.91. The number of hydrogen-bond acceptors (Lipinski definition) is 3. The minimum atomic E-state index is -0.211. The quantitative estimate of drug-likeness (QED) is 0.838. The first kappa shape index (κ1) is 19.0. The van der Waals surface area contributed by atoms with Crippen LogP contribution in [-0.2, 0) is 4.79 Å². The lowest BCUT2D eigenvalue weighted by molar-refractivity contribution is -0.121. The Labute approximate surface area is 169 Å². The van der Waals surface area contributed by atoms with Gasteiger partial charge in [-0.2, -0.15) is 5.10 Å². The van der Waals surface area contributed by atoms with Crippen molar-refractivity contribution in [2.45, 2.75) is 44.6 Å². The molecular formula is C21H25ClN4O2. The van der Waals surface area contributed by atoms with Gasteiger partial charge in [-0.15, -0.1) is 0 Å². The van der Waals surface area contributed by atoms with Crippen molar-refractivity contribution in [1.29, 1.82) is 0 Å². The van der Waals surface area contributed by atoms with Gasteiger partial charge in [0, 0.05) is 29.7 Å². The van der Waals surface area contributed by atoms with Crippen LogP contribution in [0.1, 0.15) is 54.9 Å². The minimum absolute atomic E-state index is 0.0339. The van der Waals surface area contributed by atoms with Gasteiger partial charge >= 0.3 is 0 Å². The summed E-state index contributed by atoms with van der Waals surface area (Å²) in [5, 5.41) is 8.07. The molecule has 7 heteroatoms. The van der Waals surface area contributed by atoms with Crippen molar-refractivity contribution in [3.63, 3.8) is 0 Å². The zero-order valence-electron chi connectivity index (χ0n) is 15.8. The van der Waals surface area contributed by atoms with Crippen molar-refractivity contribution >= 4 is 29.2 Å². The number of piperidine rings is 1. The monoisotopic (exact) mass is 400 g/mol. The lowest BCUT2D eigenvalue weighted by Crippen LogP contribution is -2.44. The molecule has 1 atom stereocenters. The van der Waals surface area contributed by atoms with Crippen molar-refractivity contribution in [2.24, 2.45) is 5.92 Å². The van der Waals surface area contributed by atoms with Gasteiger partial charge in [0.1, 0.15) is 5.82 Å². The predicted octanol–water partition coefficient (Wildman–Crippen LogP) is 4.14. The number of halogens is 1. The first-order chi connectivity index (χ1) is 13.6. The van der Waals surface area contributed by atoms with Crippen LogP contribution in [0.15, 0.2) is 36.5 Å². The molecule has 148 valence electrons. The number of likely N-dealkylation sites (tertiary alicyclic amines) is 1. The van der Waals surface area contributed by atoms with E-state index in [9.17, 15) is 9.59 Å². The summed E-state index contributed by atoms with van der Waals surface area (Å²) in [5.74, 6) is 0.466. The van der Waals surface area contributed by atoms with E-state index in [0.29, 0.717) is 29.7 Å². The average Bonchev–Trinajstić information content (AvgIpc) is 3.39. The maximum absolute atomic E-state index is 12.9. The summed E-state index contributed by atoms with van der Waals surface area (Å²) in [7, 11) is 0. The molecule has 2 heterocycles. The van der Waals surface area contributed by atoms with Crippen LogP contribution in [0.5, 0.6) is 0 Å². The van der Waals surface area contributed by atoms with E-state index in [0.717, 1.165) is 31.5 Å². The van der Waals surface area contributed by atoms with Crippen LogP contribution in [-0.4, -0.2) is 39.6 Å². The van der Waals surface area contributed by atoms with Gasteiger partial charge in [-0.3, -0.25) is 9.59 Å². The average molecular weight is 401 g/mol. The Balaban J connectivity index is 1.40. The highest BCUT2D eigenvalue weighted by Gasteiger charge is 2.30. The molecule has 0 spiro atoms. The molecule has 1 aromatic carbocycles. The molecule has 2 aliphatic rings. The summed E-state index contributed by atoms with van der Waals surface area (Å²) in [6.07, 6.45) is 7.98. The van der Waals surface area contributed by atoms with Crippen LogP contribution in [0.25, 0.3) is 0 Å². The smallest absolute Gasteiger partial charge is 0.253 e. The Morgan fingerprint density at radius 2 is 1.79 bits per heavy atom. The fourth-order valence-corrected chi connectivity index (χ4v) is 4.36. The SMILES string of the molecule is O=C(Nc1ccnn1C1CCCC1)C1CCCN(C(=O)c2ccc(Cl)cc2)C1. The molecule has 1 aliphatic carbocycles. The molecule has 2 aromatic rings. The fraction of sp³-hybridized carbons (Fsp3) is 0.476. The Morgan fingerprint density at radius 1 is 1.04 bits per heavy atom. The third-order valence-corrected chi connectivity index (χ3v) is 6.01. The summed E-state index contributed by atoms with van der Waals surface area (Å²) < 4.78 is 1.95. The van der Waals surface area contributed by atoms with Crippen LogP contribution in [0.3, 0.4) is 0 Å². The topological polar surface area (TPSA) is 67.2 Å². The molecule has 6 nitrogen and oxygen atoms in total. The molecule has 28 heavy (non-hydrogen) atoms. The number of hydrogen-bond donors (Lipinski definition) is 1. The van der Waals surface area contributed by atoms with Crippen LogP contribution in [0.2, 0.25) is 5.02 Å². The lowest BCUT2D eigenvalue weighted by Gasteiger charge is -2.32. The molecule has 0 radical (unpaired) electrons. The number of nitrogens with one attached hydrogen (secondary N) is 1. The van der Waals surface area contributed by atoms with Gasteiger partial charge in [-0.25, -0.2) is 4.68 Å². The third-order valence-electron chi connectivity index (χ3n) is 5.76. The highest BCUT2D eigenvalue weighted by Crippen LogP contribution is 2.31. The third kappa shape index (κ3) is 4.07. The number of anilines is 1. The van der Waals surface area contributed by atoms with E-state index in [-0.39, 0.29) is 17.7 Å². The van der Waals surface area contributed by atoms with Gasteiger partial charge in [0.05, 0.1) is 18.2 Å². The number of carbonyl (C=O) groups is 2. The summed E-state index contributed by atoms with van der Waals surface area (Å²) in [6.45, 7) is 1.11. The van der Waals surface area contributed by atoms with E-state index in [1.165, 1.54) is 12.8 Å². The molecule has 0 bridgehead atoms. The van der Waals surface area contributed by atoms with Crippen molar-refractivity contribution in [3.8, 4) is 0 Å². The predicted molar refractivity (Wildman–Crippen MR) is 108 cm³/mol. The fourth-order valence-electron chi connectivity index (χ4n) is 4.23. The van der Waals surface area contributed by atoms with Gasteiger partial charge in [0.15, 0.2) is 0 Å². The maximum Gasteiger partial charge on any atom is 0.253 e. The van der Waals surface area contributed by atoms with Crippen LogP contribution in [0, 0.1) is 5.92 Å². The number of carbonyl (C=O) groups excluding carboxylic acids is 2. The summed E-state index contributed by atoms with van der Waals surface area (Å²) in [4.78, 5) is 27.4. The van der Waals surface area contributed by atoms with Gasteiger partial charge in [-0.1, -0.05) is 24.4 Å². The van der Waals surface area contributed by atoms with Gasteiger partial charge in [0.25, 0.3) is 5.91 Å². The Morgan fingerprint density at radius 3 is 2.54 bits per heavy atom. The standard InChI is InChI=1S/C21H25ClN4O2/c22-17-9-7-15(8-10-17)21(28)25-13-3-4-16(14-25)20(27)24-19-11-12-23-26(19)18-5-1-2-6-18/h7-12,16,18H,1-6,13-14H2,(H,24,27). The summed E-state index contributed by atoms with van der Waals surface area (Å²) in [6, 6.07) is 9.12. The molecule has 1 unspecified atom stereocenters. The van der Waals surface area contributed by atoms with Crippen LogP contribution in [0.4, 0.5) is 5.82 Å². The second-order valence-electron chi connectivity index (χ2n) is 7.69. The van der Waals surface area contributed by atoms with Crippen molar-refractivity contribution in [1.82, 2.24) is 14.7 Å². The van der Waals surface area contributed by atoms with E-state index in [4.69, 9.17) is 11.6 Å². The highest BCUT2D eigenvalue weighted by molar-refractivity contribution is 6.30. The number of nitrogens with zero attached hydrogens (tertiary/aromatic N) is 3. The van der Waals surface area contributed by atoms with E-state index in [2.05, 4.69) is 10.4 Å². The van der Waals surface area contributed by atoms with E-state index >= 15 is 0 Å². The van der Waals surface area contributed by atoms with Gasteiger partial charge in [0.2, 0.25) is 5.91 Å². The molecule has 1 N–H and O–H groups in total. The second kappa shape index (κ2) is 8.35. The minimum Gasteiger partial charge on any atom is -0.338 e. The highest BCUT2D eigenvalue weighted by atomic mass is 35.5. The number of amides is 2.